The van der Waals surface area contributed by atoms with Gasteiger partial charge in [-0.15, -0.1) is 0 Å². The molecular formula is C17H26O6. The highest BCUT2D eigenvalue weighted by Crippen LogP contribution is 2.48. The summed E-state index contributed by atoms with van der Waals surface area (Å²) in [4.78, 5) is 12.8. The summed E-state index contributed by atoms with van der Waals surface area (Å²) in [6.07, 6.45) is 4.07. The SMILES string of the molecule is C/C=C/[C@@]1(C)C(=O)C(CO)=C[C@H]2O[C@](C)(OC)[C@@](C)(OC)O[C@@H]21. The van der Waals surface area contributed by atoms with Gasteiger partial charge in [0.05, 0.1) is 12.0 Å². The smallest absolute Gasteiger partial charge is 0.220 e. The molecule has 23 heavy (non-hydrogen) atoms. The lowest BCUT2D eigenvalue weighted by molar-refractivity contribution is -0.448. The summed E-state index contributed by atoms with van der Waals surface area (Å²) in [7, 11) is 3.02. The topological polar surface area (TPSA) is 74.2 Å². The monoisotopic (exact) mass is 326 g/mol. The number of ether oxygens (including phenoxy) is 4. The fourth-order valence-electron chi connectivity index (χ4n) is 3.29. The van der Waals surface area contributed by atoms with Crippen molar-refractivity contribution in [1.82, 2.24) is 0 Å². The molecule has 0 spiro atoms. The average Bonchev–Trinajstić information content (AvgIpc) is 2.53. The molecule has 5 atom stereocenters. The van der Waals surface area contributed by atoms with E-state index in [1.165, 1.54) is 14.2 Å². The minimum atomic E-state index is -1.18. The van der Waals surface area contributed by atoms with E-state index in [0.29, 0.717) is 5.57 Å². The number of fused-ring (bicyclic) bond motifs is 1. The Morgan fingerprint density at radius 2 is 1.78 bits per heavy atom. The molecule has 1 aliphatic heterocycles. The predicted octanol–water partition coefficient (Wildman–Crippen LogP) is 1.58. The largest absolute Gasteiger partial charge is 0.392 e. The molecule has 0 aromatic carbocycles. The van der Waals surface area contributed by atoms with Crippen LogP contribution in [-0.4, -0.2) is 55.5 Å². The van der Waals surface area contributed by atoms with Gasteiger partial charge in [0, 0.05) is 19.8 Å². The van der Waals surface area contributed by atoms with E-state index in [2.05, 4.69) is 0 Å². The van der Waals surface area contributed by atoms with Gasteiger partial charge in [-0.25, -0.2) is 0 Å². The Labute approximate surface area is 137 Å². The molecule has 6 nitrogen and oxygen atoms in total. The van der Waals surface area contributed by atoms with Crippen LogP contribution in [0.25, 0.3) is 0 Å². The molecule has 0 amide bonds. The first-order valence-corrected chi connectivity index (χ1v) is 7.67. The van der Waals surface area contributed by atoms with Gasteiger partial charge in [0.15, 0.2) is 5.78 Å². The lowest BCUT2D eigenvalue weighted by Crippen LogP contribution is -2.69. The standard InChI is InChI=1S/C17H26O6/c1-7-8-15(2)13(19)11(10-18)9-12-14(15)23-17(4,21-6)16(3,20-5)22-12/h7-9,12,14,18H,10H2,1-6H3/b8-7+/t12-,14+,15+,16+,17+/m1/s1. The molecule has 0 bridgehead atoms. The molecule has 0 unspecified atom stereocenters. The molecule has 1 heterocycles. The first-order valence-electron chi connectivity index (χ1n) is 7.67. The Bertz CT molecular complexity index is 541. The van der Waals surface area contributed by atoms with Gasteiger partial charge in [-0.3, -0.25) is 4.79 Å². The van der Waals surface area contributed by atoms with E-state index in [4.69, 9.17) is 18.9 Å². The average molecular weight is 326 g/mol. The molecule has 0 aromatic heterocycles. The van der Waals surface area contributed by atoms with Gasteiger partial charge in [-0.2, -0.15) is 0 Å². The third kappa shape index (κ3) is 2.58. The third-order valence-corrected chi connectivity index (χ3v) is 5.04. The maximum Gasteiger partial charge on any atom is 0.220 e. The summed E-state index contributed by atoms with van der Waals surface area (Å²) >= 11 is 0. The van der Waals surface area contributed by atoms with E-state index in [0.717, 1.165) is 0 Å². The number of carbonyl (C=O) groups excluding carboxylic acids is 1. The maximum atomic E-state index is 12.8. The molecule has 2 aliphatic rings. The number of carbonyl (C=O) groups is 1. The van der Waals surface area contributed by atoms with Crippen LogP contribution in [0.15, 0.2) is 23.8 Å². The number of aliphatic hydroxyl groups is 1. The fourth-order valence-corrected chi connectivity index (χ4v) is 3.29. The fraction of sp³-hybridized carbons (Fsp3) is 0.706. The summed E-state index contributed by atoms with van der Waals surface area (Å²) in [5.74, 6) is -2.52. The van der Waals surface area contributed by atoms with Gasteiger partial charge in [0.25, 0.3) is 0 Å². The quantitative estimate of drug-likeness (QED) is 0.791. The second kappa shape index (κ2) is 6.11. The lowest BCUT2D eigenvalue weighted by Gasteiger charge is -2.55. The van der Waals surface area contributed by atoms with Gasteiger partial charge < -0.3 is 24.1 Å². The highest BCUT2D eigenvalue weighted by molar-refractivity contribution is 6.02. The van der Waals surface area contributed by atoms with Crippen molar-refractivity contribution in [2.45, 2.75) is 51.5 Å². The molecule has 0 radical (unpaired) electrons. The van der Waals surface area contributed by atoms with Gasteiger partial charge >= 0.3 is 0 Å². The Balaban J connectivity index is 2.55. The number of aliphatic hydroxyl groups excluding tert-OH is 1. The summed E-state index contributed by atoms with van der Waals surface area (Å²) in [5.41, 5.74) is -0.643. The Kier molecular flexibility index (Phi) is 4.86. The van der Waals surface area contributed by atoms with Crippen LogP contribution in [0.1, 0.15) is 27.7 Å². The second-order valence-corrected chi connectivity index (χ2v) is 6.38. The van der Waals surface area contributed by atoms with Crippen molar-refractivity contribution in [2.75, 3.05) is 20.8 Å². The van der Waals surface area contributed by atoms with Crippen molar-refractivity contribution in [1.29, 1.82) is 0 Å². The van der Waals surface area contributed by atoms with Crippen LogP contribution in [0.5, 0.6) is 0 Å². The van der Waals surface area contributed by atoms with E-state index >= 15 is 0 Å². The van der Waals surface area contributed by atoms with Gasteiger partial charge in [-0.1, -0.05) is 12.2 Å². The summed E-state index contributed by atoms with van der Waals surface area (Å²) in [6.45, 7) is 6.72. The van der Waals surface area contributed by atoms with Gasteiger partial charge in [0.1, 0.15) is 12.2 Å². The Morgan fingerprint density at radius 1 is 1.22 bits per heavy atom. The summed E-state index contributed by atoms with van der Waals surface area (Å²) in [6, 6.07) is 0. The van der Waals surface area contributed by atoms with Gasteiger partial charge in [-0.05, 0) is 33.8 Å². The maximum absolute atomic E-state index is 12.8. The number of ketones is 1. The zero-order chi connectivity index (χ0) is 17.5. The molecule has 1 aliphatic carbocycles. The molecule has 1 fully saturated rings. The highest BCUT2D eigenvalue weighted by Gasteiger charge is 2.62. The number of hydrogen-bond donors (Lipinski definition) is 1. The third-order valence-electron chi connectivity index (χ3n) is 5.04. The van der Waals surface area contributed by atoms with Crippen LogP contribution in [0.4, 0.5) is 0 Å². The van der Waals surface area contributed by atoms with E-state index in [9.17, 15) is 9.90 Å². The van der Waals surface area contributed by atoms with Crippen LogP contribution in [0.3, 0.4) is 0 Å². The minimum Gasteiger partial charge on any atom is -0.392 e. The zero-order valence-corrected chi connectivity index (χ0v) is 14.6. The predicted molar refractivity (Wildman–Crippen MR) is 83.7 cm³/mol. The van der Waals surface area contributed by atoms with Crippen molar-refractivity contribution in [2.24, 2.45) is 5.41 Å². The van der Waals surface area contributed by atoms with E-state index in [1.54, 1.807) is 39.0 Å². The van der Waals surface area contributed by atoms with Crippen LogP contribution in [0.2, 0.25) is 0 Å². The second-order valence-electron chi connectivity index (χ2n) is 6.38. The number of Topliss-reactive ketones (excluding diaryl/α,β-unsaturated/α-hetero) is 1. The van der Waals surface area contributed by atoms with E-state index in [-0.39, 0.29) is 12.4 Å². The van der Waals surface area contributed by atoms with Crippen molar-refractivity contribution in [3.63, 3.8) is 0 Å². The lowest BCUT2D eigenvalue weighted by atomic mass is 9.70. The first-order chi connectivity index (χ1) is 10.7. The number of allylic oxidation sites excluding steroid dienone is 1. The van der Waals surface area contributed by atoms with Crippen molar-refractivity contribution in [3.05, 3.63) is 23.8 Å². The normalized spacial score (nSPS) is 44.3. The van der Waals surface area contributed by atoms with E-state index < -0.39 is 29.2 Å². The van der Waals surface area contributed by atoms with Crippen LogP contribution in [-0.2, 0) is 23.7 Å². The molecule has 0 saturated carbocycles. The Hall–Kier alpha value is -1.05. The number of methoxy groups -OCH3 is 2. The minimum absolute atomic E-state index is 0.178. The van der Waals surface area contributed by atoms with Crippen LogP contribution < -0.4 is 0 Å². The molecule has 1 N–H and O–H groups in total. The molecule has 2 rings (SSSR count). The first kappa shape index (κ1) is 18.3. The zero-order valence-electron chi connectivity index (χ0n) is 14.6. The van der Waals surface area contributed by atoms with E-state index in [1.807, 2.05) is 6.92 Å². The molecule has 130 valence electrons. The number of rotatable bonds is 4. The van der Waals surface area contributed by atoms with Crippen molar-refractivity contribution < 1.29 is 28.8 Å². The van der Waals surface area contributed by atoms with Crippen molar-refractivity contribution >= 4 is 5.78 Å². The van der Waals surface area contributed by atoms with Crippen LogP contribution >= 0.6 is 0 Å². The number of hydrogen-bond acceptors (Lipinski definition) is 6. The van der Waals surface area contributed by atoms with Crippen molar-refractivity contribution in [3.8, 4) is 0 Å². The molecule has 1 saturated heterocycles. The van der Waals surface area contributed by atoms with Gasteiger partial charge in [0.2, 0.25) is 11.6 Å². The highest BCUT2D eigenvalue weighted by atomic mass is 16.8. The summed E-state index contributed by atoms with van der Waals surface area (Å²) in [5, 5.41) is 9.52. The van der Waals surface area contributed by atoms with Crippen LogP contribution in [0, 0.1) is 5.41 Å². The summed E-state index contributed by atoms with van der Waals surface area (Å²) < 4.78 is 23.3. The molecular weight excluding hydrogens is 300 g/mol. The molecule has 6 heteroatoms. The Morgan fingerprint density at radius 3 is 2.26 bits per heavy atom. The molecule has 0 aromatic rings.